The molecule has 0 fully saturated rings. The minimum atomic E-state index is -2.87. The van der Waals surface area contributed by atoms with Gasteiger partial charge in [-0.1, -0.05) is 0 Å². The van der Waals surface area contributed by atoms with Gasteiger partial charge in [0.2, 0.25) is 0 Å². The zero-order chi connectivity index (χ0) is 7.15. The van der Waals surface area contributed by atoms with Gasteiger partial charge in [-0.2, -0.15) is 0 Å². The van der Waals surface area contributed by atoms with Crippen molar-refractivity contribution in [2.24, 2.45) is 0 Å². The van der Waals surface area contributed by atoms with Crippen molar-refractivity contribution in [2.45, 2.75) is 13.8 Å². The molecule has 0 aromatic rings. The molecule has 0 rings (SSSR count). The summed E-state index contributed by atoms with van der Waals surface area (Å²) in [5.41, 5.74) is 0. The van der Waals surface area contributed by atoms with Crippen molar-refractivity contribution in [1.29, 1.82) is 0 Å². The van der Waals surface area contributed by atoms with Gasteiger partial charge in [0.05, 0.1) is 0 Å². The molecule has 2 N–H and O–H groups in total. The van der Waals surface area contributed by atoms with Crippen LogP contribution in [-0.2, 0) is 9.36 Å². The van der Waals surface area contributed by atoms with E-state index in [1.54, 1.807) is 0 Å². The molecule has 0 saturated carbocycles. The van der Waals surface area contributed by atoms with Crippen molar-refractivity contribution in [1.82, 2.24) is 0 Å². The molecule has 0 aromatic heterocycles. The molecule has 0 aromatic carbocycles. The summed E-state index contributed by atoms with van der Waals surface area (Å²) >= 11 is 0. The second kappa shape index (κ2) is 6.69. The summed E-state index contributed by atoms with van der Waals surface area (Å²) in [4.78, 5) is 23.7. The van der Waals surface area contributed by atoms with Gasteiger partial charge in [-0.05, 0) is 13.8 Å². The standard InChI is InChI=1S/C3H6O.HO3P/c1-3(2)4;1-4(2)3/h1-2H3;(H-,1,2,3)/p+1. The predicted molar refractivity (Wildman–Crippen MR) is 28.4 cm³/mol. The lowest BCUT2D eigenvalue weighted by molar-refractivity contribution is -0.114. The van der Waals surface area contributed by atoms with E-state index in [9.17, 15) is 4.79 Å². The Hall–Kier alpha value is -0.310. The van der Waals surface area contributed by atoms with Crippen LogP contribution in [0.2, 0.25) is 0 Å². The van der Waals surface area contributed by atoms with E-state index in [0.29, 0.717) is 0 Å². The van der Waals surface area contributed by atoms with Crippen LogP contribution in [0.15, 0.2) is 0 Å². The zero-order valence-electron chi connectivity index (χ0n) is 4.66. The number of ketones is 1. The first-order chi connectivity index (χ1) is 3.46. The normalized spacial score (nSPS) is 6.50. The number of rotatable bonds is 0. The molecule has 0 aliphatic carbocycles. The van der Waals surface area contributed by atoms with Gasteiger partial charge < -0.3 is 4.79 Å². The van der Waals surface area contributed by atoms with Crippen molar-refractivity contribution in [2.75, 3.05) is 0 Å². The molecule has 0 atom stereocenters. The minimum Gasteiger partial charge on any atom is -0.300 e. The number of carbonyl (C=O) groups is 1. The van der Waals surface area contributed by atoms with Crippen LogP contribution in [0.5, 0.6) is 0 Å². The highest BCUT2D eigenvalue weighted by Crippen LogP contribution is 1.98. The maximum atomic E-state index is 9.44. The van der Waals surface area contributed by atoms with Crippen LogP contribution >= 0.6 is 8.25 Å². The van der Waals surface area contributed by atoms with Crippen molar-refractivity contribution in [3.05, 3.63) is 0 Å². The van der Waals surface area contributed by atoms with E-state index in [2.05, 4.69) is 0 Å². The first-order valence-corrected chi connectivity index (χ1v) is 2.95. The summed E-state index contributed by atoms with van der Waals surface area (Å²) < 4.78 is 8.70. The first-order valence-electron chi connectivity index (χ1n) is 1.79. The lowest BCUT2D eigenvalue weighted by atomic mass is 10.6. The highest BCUT2D eigenvalue weighted by molar-refractivity contribution is 7.30. The van der Waals surface area contributed by atoms with E-state index >= 15 is 0 Å². The maximum absolute atomic E-state index is 9.44. The SMILES string of the molecule is CC(C)=O.O=[P+](O)O. The average molecular weight is 139 g/mol. The number of Topliss-reactive ketones (excluding diaryl/α,β-unsaturated/α-hetero) is 1. The molecular weight excluding hydrogens is 131 g/mol. The highest BCUT2D eigenvalue weighted by Gasteiger charge is 1.93. The molecule has 0 unspecified atom stereocenters. The molecule has 0 spiro atoms. The summed E-state index contributed by atoms with van der Waals surface area (Å²) in [6.45, 7) is 3.06. The van der Waals surface area contributed by atoms with Gasteiger partial charge in [-0.25, -0.2) is 0 Å². The highest BCUT2D eigenvalue weighted by atomic mass is 31.1. The monoisotopic (exact) mass is 139 g/mol. The van der Waals surface area contributed by atoms with Gasteiger partial charge in [-0.15, -0.1) is 9.79 Å². The fourth-order valence-corrected chi connectivity index (χ4v) is 0. The van der Waals surface area contributed by atoms with Gasteiger partial charge in [0.15, 0.2) is 0 Å². The van der Waals surface area contributed by atoms with E-state index in [1.165, 1.54) is 13.8 Å². The largest absolute Gasteiger partial charge is 0.692 e. The third-order valence-electron chi connectivity index (χ3n) is 0. The third kappa shape index (κ3) is 1300. The number of carbonyl (C=O) groups excluding carboxylic acids is 1. The van der Waals surface area contributed by atoms with E-state index in [1.807, 2.05) is 0 Å². The lowest BCUT2D eigenvalue weighted by Crippen LogP contribution is -1.69. The molecule has 0 aliphatic rings. The van der Waals surface area contributed by atoms with Crippen LogP contribution in [0.4, 0.5) is 0 Å². The summed E-state index contributed by atoms with van der Waals surface area (Å²) in [5, 5.41) is 0. The van der Waals surface area contributed by atoms with Crippen LogP contribution in [0, 0.1) is 0 Å². The van der Waals surface area contributed by atoms with Crippen molar-refractivity contribution in [3.63, 3.8) is 0 Å². The molecule has 0 heterocycles. The van der Waals surface area contributed by atoms with E-state index in [0.717, 1.165) is 0 Å². The Balaban J connectivity index is 0. The summed E-state index contributed by atoms with van der Waals surface area (Å²) in [7, 11) is -2.87. The van der Waals surface area contributed by atoms with Crippen molar-refractivity contribution in [3.8, 4) is 0 Å². The molecule has 4 nitrogen and oxygen atoms in total. The summed E-state index contributed by atoms with van der Waals surface area (Å²) in [6, 6.07) is 0. The minimum absolute atomic E-state index is 0.167. The second-order valence-electron chi connectivity index (χ2n) is 1.16. The molecule has 0 saturated heterocycles. The summed E-state index contributed by atoms with van der Waals surface area (Å²) in [6.07, 6.45) is 0. The maximum Gasteiger partial charge on any atom is 0.692 e. The summed E-state index contributed by atoms with van der Waals surface area (Å²) in [5.74, 6) is 0.167. The second-order valence-corrected chi connectivity index (χ2v) is 1.67. The Bertz CT molecular complexity index is 69.3. The Morgan fingerprint density at radius 3 is 1.38 bits per heavy atom. The van der Waals surface area contributed by atoms with Gasteiger partial charge in [-0.3, -0.25) is 0 Å². The van der Waals surface area contributed by atoms with E-state index < -0.39 is 8.25 Å². The molecular formula is C3H8O4P+. The third-order valence-corrected chi connectivity index (χ3v) is 0. The molecule has 0 bridgehead atoms. The van der Waals surface area contributed by atoms with E-state index in [4.69, 9.17) is 14.4 Å². The molecule has 0 aliphatic heterocycles. The zero-order valence-corrected chi connectivity index (χ0v) is 5.55. The average Bonchev–Trinajstić information content (AvgIpc) is 1.25. The topological polar surface area (TPSA) is 74.6 Å². The van der Waals surface area contributed by atoms with E-state index in [-0.39, 0.29) is 5.78 Å². The molecule has 0 radical (unpaired) electrons. The number of hydrogen-bond donors (Lipinski definition) is 2. The van der Waals surface area contributed by atoms with Crippen LogP contribution in [0.3, 0.4) is 0 Å². The Labute approximate surface area is 48.1 Å². The van der Waals surface area contributed by atoms with Gasteiger partial charge in [0.1, 0.15) is 5.78 Å². The molecule has 8 heavy (non-hydrogen) atoms. The Morgan fingerprint density at radius 2 is 1.38 bits per heavy atom. The van der Waals surface area contributed by atoms with Crippen molar-refractivity contribution < 1.29 is 19.1 Å². The Morgan fingerprint density at radius 1 is 1.38 bits per heavy atom. The molecule has 48 valence electrons. The fraction of sp³-hybridized carbons (Fsp3) is 0.667. The van der Waals surface area contributed by atoms with Crippen molar-refractivity contribution >= 4 is 14.0 Å². The van der Waals surface area contributed by atoms with Crippen LogP contribution < -0.4 is 0 Å². The quantitative estimate of drug-likeness (QED) is 0.471. The van der Waals surface area contributed by atoms with Gasteiger partial charge in [0.25, 0.3) is 0 Å². The Kier molecular flexibility index (Phi) is 8.89. The first kappa shape index (κ1) is 10.6. The van der Waals surface area contributed by atoms with Gasteiger partial charge in [0, 0.05) is 4.57 Å². The molecule has 5 heteroatoms. The van der Waals surface area contributed by atoms with Gasteiger partial charge >= 0.3 is 8.25 Å². The fourth-order valence-electron chi connectivity index (χ4n) is 0. The smallest absolute Gasteiger partial charge is 0.300 e. The predicted octanol–water partition coefficient (Wildman–Crippen LogP) is 0.224. The molecule has 0 amide bonds. The number of hydrogen-bond acceptors (Lipinski definition) is 2. The van der Waals surface area contributed by atoms with Crippen LogP contribution in [-0.4, -0.2) is 15.6 Å². The lowest BCUT2D eigenvalue weighted by Gasteiger charge is -1.56. The van der Waals surface area contributed by atoms with Crippen LogP contribution in [0.25, 0.3) is 0 Å². The van der Waals surface area contributed by atoms with Crippen LogP contribution in [0.1, 0.15) is 13.8 Å².